The summed E-state index contributed by atoms with van der Waals surface area (Å²) >= 11 is 6.56. The highest BCUT2D eigenvalue weighted by atomic mass is 32.2. The number of anilines is 2. The number of aromatic nitrogens is 3. The second-order valence-corrected chi connectivity index (χ2v) is 9.01. The van der Waals surface area contributed by atoms with Gasteiger partial charge in [-0.25, -0.2) is 4.98 Å². The highest BCUT2D eigenvalue weighted by Crippen LogP contribution is 2.32. The van der Waals surface area contributed by atoms with Gasteiger partial charge in [-0.15, -0.1) is 21.5 Å². The number of thiazole rings is 1. The van der Waals surface area contributed by atoms with Crippen molar-refractivity contribution in [2.45, 2.75) is 10.1 Å². The molecule has 3 heterocycles. The maximum atomic E-state index is 5.16. The average Bonchev–Trinajstić information content (AvgIpc) is 3.42. The van der Waals surface area contributed by atoms with Gasteiger partial charge < -0.3 is 10.1 Å². The van der Waals surface area contributed by atoms with E-state index < -0.39 is 0 Å². The van der Waals surface area contributed by atoms with E-state index in [-0.39, 0.29) is 0 Å². The van der Waals surface area contributed by atoms with Crippen LogP contribution in [0.1, 0.15) is 5.69 Å². The molecule has 9 heteroatoms. The lowest BCUT2D eigenvalue weighted by Crippen LogP contribution is -1.89. The Morgan fingerprint density at radius 2 is 2.00 bits per heavy atom. The number of hydrogen-bond donors (Lipinski definition) is 1. The van der Waals surface area contributed by atoms with E-state index in [1.165, 1.54) is 16.9 Å². The van der Waals surface area contributed by atoms with Crippen LogP contribution in [0.4, 0.5) is 10.8 Å². The fourth-order valence-corrected chi connectivity index (χ4v) is 5.45. The van der Waals surface area contributed by atoms with Crippen molar-refractivity contribution < 1.29 is 4.74 Å². The third kappa shape index (κ3) is 4.24. The van der Waals surface area contributed by atoms with Crippen LogP contribution in [0, 0.1) is 0 Å². The number of thiophene rings is 1. The van der Waals surface area contributed by atoms with E-state index in [1.807, 2.05) is 24.3 Å². The number of rotatable bonds is 7. The van der Waals surface area contributed by atoms with Crippen molar-refractivity contribution in [3.05, 3.63) is 52.2 Å². The second kappa shape index (κ2) is 8.17. The van der Waals surface area contributed by atoms with E-state index in [0.717, 1.165) is 37.4 Å². The SMILES string of the molecule is COc1ccc(Nc2nnc(SCc3csc(-c4ccsc4)n3)s2)cc1. The number of thioether (sulfide) groups is 1. The lowest BCUT2D eigenvalue weighted by molar-refractivity contribution is 0.415. The number of methoxy groups -OCH3 is 1. The largest absolute Gasteiger partial charge is 0.497 e. The molecular formula is C17H14N4OS4. The first-order valence-electron chi connectivity index (χ1n) is 7.64. The molecule has 4 rings (SSSR count). The third-order valence-electron chi connectivity index (χ3n) is 3.41. The number of benzene rings is 1. The summed E-state index contributed by atoms with van der Waals surface area (Å²) in [6.45, 7) is 0. The van der Waals surface area contributed by atoms with Crippen molar-refractivity contribution >= 4 is 56.6 Å². The predicted octanol–water partition coefficient (Wildman–Crippen LogP) is 5.77. The molecule has 132 valence electrons. The Labute approximate surface area is 167 Å². The van der Waals surface area contributed by atoms with Gasteiger partial charge in [0.2, 0.25) is 5.13 Å². The smallest absolute Gasteiger partial charge is 0.210 e. The minimum atomic E-state index is 0.773. The first-order chi connectivity index (χ1) is 12.8. The molecule has 0 bridgehead atoms. The molecule has 0 fully saturated rings. The zero-order chi connectivity index (χ0) is 17.8. The molecule has 0 amide bonds. The minimum Gasteiger partial charge on any atom is -0.497 e. The van der Waals surface area contributed by atoms with Gasteiger partial charge in [0, 0.05) is 27.8 Å². The summed E-state index contributed by atoms with van der Waals surface area (Å²) in [5, 5.41) is 19.8. The molecule has 0 aliphatic carbocycles. The predicted molar refractivity (Wildman–Crippen MR) is 111 cm³/mol. The van der Waals surface area contributed by atoms with Crippen molar-refractivity contribution in [1.29, 1.82) is 0 Å². The minimum absolute atomic E-state index is 0.773. The van der Waals surface area contributed by atoms with Crippen LogP contribution in [0.3, 0.4) is 0 Å². The van der Waals surface area contributed by atoms with Gasteiger partial charge in [0.1, 0.15) is 10.8 Å². The van der Waals surface area contributed by atoms with E-state index in [9.17, 15) is 0 Å². The molecule has 26 heavy (non-hydrogen) atoms. The maximum absolute atomic E-state index is 5.16. The van der Waals surface area contributed by atoms with E-state index in [2.05, 4.69) is 37.7 Å². The molecule has 0 saturated heterocycles. The second-order valence-electron chi connectivity index (χ2n) is 5.17. The Bertz CT molecular complexity index is 963. The third-order valence-corrected chi connectivity index (χ3v) is 7.04. The first kappa shape index (κ1) is 17.5. The van der Waals surface area contributed by atoms with E-state index in [0.29, 0.717) is 0 Å². The van der Waals surface area contributed by atoms with E-state index in [4.69, 9.17) is 9.72 Å². The van der Waals surface area contributed by atoms with E-state index >= 15 is 0 Å². The lowest BCUT2D eigenvalue weighted by Gasteiger charge is -2.03. The van der Waals surface area contributed by atoms with Gasteiger partial charge >= 0.3 is 0 Å². The summed E-state index contributed by atoms with van der Waals surface area (Å²) in [4.78, 5) is 4.69. The monoisotopic (exact) mass is 418 g/mol. The fourth-order valence-electron chi connectivity index (χ4n) is 2.14. The summed E-state index contributed by atoms with van der Waals surface area (Å²) in [6.07, 6.45) is 0. The number of nitrogens with zero attached hydrogens (tertiary/aromatic N) is 3. The molecule has 4 aromatic rings. The Morgan fingerprint density at radius 3 is 2.77 bits per heavy atom. The van der Waals surface area contributed by atoms with Crippen LogP contribution in [0.5, 0.6) is 5.75 Å². The summed E-state index contributed by atoms with van der Waals surface area (Å²) in [6, 6.07) is 9.82. The van der Waals surface area contributed by atoms with Crippen LogP contribution in [0.25, 0.3) is 10.6 Å². The fraction of sp³-hybridized carbons (Fsp3) is 0.118. The zero-order valence-corrected chi connectivity index (χ0v) is 17.0. The molecule has 0 unspecified atom stereocenters. The van der Waals surface area contributed by atoms with Crippen LogP contribution in [-0.2, 0) is 5.75 Å². The van der Waals surface area contributed by atoms with Crippen molar-refractivity contribution in [1.82, 2.24) is 15.2 Å². The Balaban J connectivity index is 1.34. The molecule has 0 spiro atoms. The van der Waals surface area contributed by atoms with Gasteiger partial charge in [0.15, 0.2) is 4.34 Å². The molecule has 1 aromatic carbocycles. The van der Waals surface area contributed by atoms with Gasteiger partial charge in [0.05, 0.1) is 12.8 Å². The number of hydrogen-bond acceptors (Lipinski definition) is 9. The number of nitrogens with one attached hydrogen (secondary N) is 1. The molecule has 0 aliphatic rings. The van der Waals surface area contributed by atoms with Gasteiger partial charge in [0.25, 0.3) is 0 Å². The van der Waals surface area contributed by atoms with Gasteiger partial charge in [-0.2, -0.15) is 11.3 Å². The molecule has 0 aliphatic heterocycles. The van der Waals surface area contributed by atoms with Gasteiger partial charge in [-0.05, 0) is 35.7 Å². The quantitative estimate of drug-likeness (QED) is 0.385. The molecule has 0 saturated carbocycles. The molecule has 1 N–H and O–H groups in total. The van der Waals surface area contributed by atoms with Gasteiger partial charge in [-0.3, -0.25) is 0 Å². The molecular weight excluding hydrogens is 404 g/mol. The van der Waals surface area contributed by atoms with Crippen LogP contribution >= 0.6 is 45.8 Å². The van der Waals surface area contributed by atoms with Crippen LogP contribution < -0.4 is 10.1 Å². The molecule has 3 aromatic heterocycles. The number of ether oxygens (including phenoxy) is 1. The van der Waals surface area contributed by atoms with Crippen molar-refractivity contribution in [3.8, 4) is 16.3 Å². The zero-order valence-electron chi connectivity index (χ0n) is 13.7. The van der Waals surface area contributed by atoms with Crippen molar-refractivity contribution in [2.75, 3.05) is 12.4 Å². The Kier molecular flexibility index (Phi) is 5.49. The summed E-state index contributed by atoms with van der Waals surface area (Å²) in [7, 11) is 1.66. The van der Waals surface area contributed by atoms with Gasteiger partial charge in [-0.1, -0.05) is 23.1 Å². The summed E-state index contributed by atoms with van der Waals surface area (Å²) in [5.74, 6) is 1.62. The topological polar surface area (TPSA) is 59.9 Å². The van der Waals surface area contributed by atoms with Crippen LogP contribution in [-0.4, -0.2) is 22.3 Å². The van der Waals surface area contributed by atoms with E-state index in [1.54, 1.807) is 41.5 Å². The van der Waals surface area contributed by atoms with Crippen LogP contribution in [0.15, 0.2) is 50.8 Å². The first-order valence-corrected chi connectivity index (χ1v) is 11.3. The average molecular weight is 419 g/mol. The van der Waals surface area contributed by atoms with Crippen molar-refractivity contribution in [2.24, 2.45) is 0 Å². The highest BCUT2D eigenvalue weighted by Gasteiger charge is 2.09. The molecule has 0 radical (unpaired) electrons. The maximum Gasteiger partial charge on any atom is 0.210 e. The normalized spacial score (nSPS) is 10.8. The highest BCUT2D eigenvalue weighted by molar-refractivity contribution is 8.00. The molecule has 0 atom stereocenters. The Hall–Kier alpha value is -1.94. The van der Waals surface area contributed by atoms with Crippen LogP contribution in [0.2, 0.25) is 0 Å². The standard InChI is InChI=1S/C17H14N4OS4/c1-22-14-4-2-12(3-5-14)19-16-20-21-17(26-16)25-10-13-9-24-15(18-13)11-6-7-23-8-11/h2-9H,10H2,1H3,(H,19,20). The molecule has 5 nitrogen and oxygen atoms in total. The summed E-state index contributed by atoms with van der Waals surface area (Å²) < 4.78 is 6.08. The summed E-state index contributed by atoms with van der Waals surface area (Å²) in [5.41, 5.74) is 3.22. The lowest BCUT2D eigenvalue weighted by atomic mass is 10.3. The Morgan fingerprint density at radius 1 is 1.12 bits per heavy atom. The van der Waals surface area contributed by atoms with Crippen molar-refractivity contribution in [3.63, 3.8) is 0 Å².